The Balaban J connectivity index is 1.80. The highest BCUT2D eigenvalue weighted by Gasteiger charge is 2.07. The highest BCUT2D eigenvalue weighted by atomic mass is 32.1. The van der Waals surface area contributed by atoms with Gasteiger partial charge in [-0.25, -0.2) is 4.98 Å². The smallest absolute Gasteiger partial charge is 0.255 e. The Morgan fingerprint density at radius 2 is 1.85 bits per heavy atom. The van der Waals surface area contributed by atoms with Crippen molar-refractivity contribution < 1.29 is 4.79 Å². The molecule has 0 fully saturated rings. The third-order valence-electron chi connectivity index (χ3n) is 2.90. The number of aromatic nitrogens is 1. The van der Waals surface area contributed by atoms with E-state index >= 15 is 0 Å². The zero-order chi connectivity index (χ0) is 13.9. The lowest BCUT2D eigenvalue weighted by atomic mass is 10.2. The van der Waals surface area contributed by atoms with Gasteiger partial charge in [0.2, 0.25) is 0 Å². The Hall–Kier alpha value is -2.44. The van der Waals surface area contributed by atoms with Gasteiger partial charge < -0.3 is 10.7 Å². The third-order valence-corrected chi connectivity index (χ3v) is 3.69. The topological polar surface area (TPSA) is 80.0 Å². The van der Waals surface area contributed by atoms with Crippen molar-refractivity contribution in [3.63, 3.8) is 0 Å². The summed E-state index contributed by atoms with van der Waals surface area (Å²) >= 11 is 1.54. The van der Waals surface area contributed by atoms with Crippen molar-refractivity contribution in [2.24, 2.45) is 5.84 Å². The van der Waals surface area contributed by atoms with Gasteiger partial charge in [0.05, 0.1) is 15.7 Å². The zero-order valence-electron chi connectivity index (χ0n) is 10.5. The van der Waals surface area contributed by atoms with E-state index in [0.717, 1.165) is 21.6 Å². The van der Waals surface area contributed by atoms with Crippen LogP contribution in [0.3, 0.4) is 0 Å². The number of hydrogen-bond acceptors (Lipinski definition) is 5. The summed E-state index contributed by atoms with van der Waals surface area (Å²) in [7, 11) is 0. The van der Waals surface area contributed by atoms with Crippen LogP contribution in [0.5, 0.6) is 0 Å². The highest BCUT2D eigenvalue weighted by Crippen LogP contribution is 2.22. The van der Waals surface area contributed by atoms with E-state index in [4.69, 9.17) is 5.84 Å². The summed E-state index contributed by atoms with van der Waals surface area (Å²) in [5.41, 5.74) is 7.34. The maximum absolute atomic E-state index is 12.1. The number of benzene rings is 2. The summed E-state index contributed by atoms with van der Waals surface area (Å²) < 4.78 is 1.05. The first-order valence-electron chi connectivity index (χ1n) is 5.97. The summed E-state index contributed by atoms with van der Waals surface area (Å²) in [6.07, 6.45) is 0. The molecule has 0 radical (unpaired) electrons. The monoisotopic (exact) mass is 284 g/mol. The van der Waals surface area contributed by atoms with Crippen molar-refractivity contribution in [2.75, 3.05) is 10.7 Å². The predicted octanol–water partition coefficient (Wildman–Crippen LogP) is 2.83. The van der Waals surface area contributed by atoms with Gasteiger partial charge in [0, 0.05) is 16.9 Å². The van der Waals surface area contributed by atoms with Crippen LogP contribution in [0.1, 0.15) is 10.4 Å². The van der Waals surface area contributed by atoms with E-state index in [1.165, 1.54) is 0 Å². The molecule has 0 aliphatic carbocycles. The standard InChI is InChI=1S/C14H12N4OS/c15-18-10-3-1-9(2-4-10)14(19)17-11-5-6-12-13(7-11)20-8-16-12/h1-8,18H,15H2,(H,17,19). The zero-order valence-corrected chi connectivity index (χ0v) is 11.3. The largest absolute Gasteiger partial charge is 0.324 e. The van der Waals surface area contributed by atoms with Crippen LogP contribution in [-0.2, 0) is 0 Å². The summed E-state index contributed by atoms with van der Waals surface area (Å²) in [6.45, 7) is 0. The Morgan fingerprint density at radius 1 is 1.10 bits per heavy atom. The van der Waals surface area contributed by atoms with Crippen molar-refractivity contribution in [3.8, 4) is 0 Å². The molecule has 5 nitrogen and oxygen atoms in total. The van der Waals surface area contributed by atoms with E-state index in [1.54, 1.807) is 41.1 Å². The van der Waals surface area contributed by atoms with Gasteiger partial charge in [-0.3, -0.25) is 10.6 Å². The number of hydrazine groups is 1. The van der Waals surface area contributed by atoms with Gasteiger partial charge in [-0.2, -0.15) is 0 Å². The van der Waals surface area contributed by atoms with Crippen LogP contribution in [0.25, 0.3) is 10.2 Å². The number of nitrogens with one attached hydrogen (secondary N) is 2. The van der Waals surface area contributed by atoms with Crippen molar-refractivity contribution >= 4 is 38.8 Å². The number of anilines is 2. The van der Waals surface area contributed by atoms with Gasteiger partial charge in [-0.05, 0) is 42.5 Å². The molecule has 0 saturated heterocycles. The molecule has 0 bridgehead atoms. The molecule has 0 aliphatic heterocycles. The molecule has 2 aromatic carbocycles. The van der Waals surface area contributed by atoms with Gasteiger partial charge in [-0.1, -0.05) is 0 Å². The van der Waals surface area contributed by atoms with E-state index in [-0.39, 0.29) is 5.91 Å². The molecule has 0 saturated carbocycles. The number of thiazole rings is 1. The molecular formula is C14H12N4OS. The lowest BCUT2D eigenvalue weighted by Crippen LogP contribution is -2.12. The number of hydrogen-bond donors (Lipinski definition) is 3. The molecule has 3 rings (SSSR count). The van der Waals surface area contributed by atoms with E-state index in [2.05, 4.69) is 15.7 Å². The summed E-state index contributed by atoms with van der Waals surface area (Å²) in [5, 5.41) is 2.87. The molecule has 20 heavy (non-hydrogen) atoms. The van der Waals surface area contributed by atoms with Gasteiger partial charge in [0.25, 0.3) is 5.91 Å². The molecule has 1 heterocycles. The van der Waals surface area contributed by atoms with Crippen molar-refractivity contribution in [1.29, 1.82) is 0 Å². The van der Waals surface area contributed by atoms with Crippen LogP contribution in [0.2, 0.25) is 0 Å². The molecule has 6 heteroatoms. The number of amides is 1. The predicted molar refractivity (Wildman–Crippen MR) is 81.8 cm³/mol. The Bertz CT molecular complexity index is 751. The molecule has 0 aliphatic rings. The van der Waals surface area contributed by atoms with Gasteiger partial charge in [0.15, 0.2) is 0 Å². The molecule has 1 amide bonds. The second-order valence-electron chi connectivity index (χ2n) is 4.21. The van der Waals surface area contributed by atoms with E-state index in [9.17, 15) is 4.79 Å². The van der Waals surface area contributed by atoms with Crippen LogP contribution in [-0.4, -0.2) is 10.9 Å². The highest BCUT2D eigenvalue weighted by molar-refractivity contribution is 7.16. The minimum Gasteiger partial charge on any atom is -0.324 e. The van der Waals surface area contributed by atoms with Crippen LogP contribution in [0.4, 0.5) is 11.4 Å². The Labute approximate surface area is 119 Å². The first-order chi connectivity index (χ1) is 9.76. The van der Waals surface area contributed by atoms with Crippen LogP contribution in [0.15, 0.2) is 48.0 Å². The van der Waals surface area contributed by atoms with Gasteiger partial charge >= 0.3 is 0 Å². The number of nitrogens with zero attached hydrogens (tertiary/aromatic N) is 1. The van der Waals surface area contributed by atoms with Crippen LogP contribution in [0, 0.1) is 0 Å². The summed E-state index contributed by atoms with van der Waals surface area (Å²) in [4.78, 5) is 16.3. The molecule has 0 spiro atoms. The fourth-order valence-corrected chi connectivity index (χ4v) is 2.57. The fourth-order valence-electron chi connectivity index (χ4n) is 1.85. The van der Waals surface area contributed by atoms with E-state index in [0.29, 0.717) is 5.56 Å². The number of rotatable bonds is 3. The minimum atomic E-state index is -0.155. The van der Waals surface area contributed by atoms with Gasteiger partial charge in [0.1, 0.15) is 0 Å². The molecule has 4 N–H and O–H groups in total. The molecule has 0 atom stereocenters. The molecule has 100 valence electrons. The number of nitrogen functional groups attached to an aromatic ring is 1. The second-order valence-corrected chi connectivity index (χ2v) is 5.10. The van der Waals surface area contributed by atoms with Crippen molar-refractivity contribution in [1.82, 2.24) is 4.98 Å². The Morgan fingerprint density at radius 3 is 2.60 bits per heavy atom. The number of nitrogens with two attached hydrogens (primary N) is 1. The van der Waals surface area contributed by atoms with E-state index < -0.39 is 0 Å². The maximum atomic E-state index is 12.1. The number of fused-ring (bicyclic) bond motifs is 1. The SMILES string of the molecule is NNc1ccc(C(=O)Nc2ccc3ncsc3c2)cc1. The first-order valence-corrected chi connectivity index (χ1v) is 6.85. The normalized spacial score (nSPS) is 10.4. The summed E-state index contributed by atoms with van der Waals surface area (Å²) in [6, 6.07) is 12.6. The Kier molecular flexibility index (Phi) is 3.32. The molecule has 3 aromatic rings. The summed E-state index contributed by atoms with van der Waals surface area (Å²) in [5.74, 6) is 5.13. The maximum Gasteiger partial charge on any atom is 0.255 e. The van der Waals surface area contributed by atoms with Crippen LogP contribution < -0.4 is 16.6 Å². The molecular weight excluding hydrogens is 272 g/mol. The molecule has 1 aromatic heterocycles. The quantitative estimate of drug-likeness (QED) is 0.510. The first kappa shape index (κ1) is 12.6. The lowest BCUT2D eigenvalue weighted by molar-refractivity contribution is 0.102. The van der Waals surface area contributed by atoms with E-state index in [1.807, 2.05) is 18.2 Å². The minimum absolute atomic E-state index is 0.155. The van der Waals surface area contributed by atoms with Crippen molar-refractivity contribution in [3.05, 3.63) is 53.5 Å². The molecule has 0 unspecified atom stereocenters. The van der Waals surface area contributed by atoms with Crippen molar-refractivity contribution in [2.45, 2.75) is 0 Å². The third kappa shape index (κ3) is 2.47. The average molecular weight is 284 g/mol. The van der Waals surface area contributed by atoms with Gasteiger partial charge in [-0.15, -0.1) is 11.3 Å². The number of carbonyl (C=O) groups excluding carboxylic acids is 1. The average Bonchev–Trinajstić information content (AvgIpc) is 2.95. The lowest BCUT2D eigenvalue weighted by Gasteiger charge is -2.06. The fraction of sp³-hybridized carbons (Fsp3) is 0. The number of carbonyl (C=O) groups is 1. The van der Waals surface area contributed by atoms with Crippen LogP contribution >= 0.6 is 11.3 Å². The second kappa shape index (κ2) is 5.28.